The molecule has 0 aliphatic carbocycles. The molecule has 1 aromatic carbocycles. The zero-order chi connectivity index (χ0) is 14.5. The molecule has 1 heterocycles. The zero-order valence-electron chi connectivity index (χ0n) is 11.6. The minimum absolute atomic E-state index is 0.0830. The predicted molar refractivity (Wildman–Crippen MR) is 78.6 cm³/mol. The first-order valence-corrected chi connectivity index (χ1v) is 6.55. The Morgan fingerprint density at radius 1 is 1.40 bits per heavy atom. The number of piperazine rings is 1. The van der Waals surface area contributed by atoms with Gasteiger partial charge in [-0.2, -0.15) is 0 Å². The second-order valence-electron chi connectivity index (χ2n) is 4.70. The molecule has 1 saturated heterocycles. The van der Waals surface area contributed by atoms with Gasteiger partial charge in [0.1, 0.15) is 11.3 Å². The minimum Gasteiger partial charge on any atom is -0.496 e. The van der Waals surface area contributed by atoms with Gasteiger partial charge < -0.3 is 15.4 Å². The van der Waals surface area contributed by atoms with E-state index in [4.69, 9.17) is 16.9 Å². The number of methoxy groups -OCH3 is 1. The Hall–Kier alpha value is -2.19. The Balaban J connectivity index is 2.12. The highest BCUT2D eigenvalue weighted by Crippen LogP contribution is 2.26. The van der Waals surface area contributed by atoms with E-state index in [9.17, 15) is 4.79 Å². The summed E-state index contributed by atoms with van der Waals surface area (Å²) < 4.78 is 5.23. The van der Waals surface area contributed by atoms with Crippen LogP contribution < -0.4 is 10.5 Å². The van der Waals surface area contributed by atoms with Gasteiger partial charge in [-0.3, -0.25) is 9.69 Å². The Kier molecular flexibility index (Phi) is 4.49. The number of anilines is 1. The molecular weight excluding hydrogens is 254 g/mol. The quantitative estimate of drug-likeness (QED) is 0.649. The second-order valence-corrected chi connectivity index (χ2v) is 4.70. The highest BCUT2D eigenvalue weighted by molar-refractivity contribution is 6.01. The summed E-state index contributed by atoms with van der Waals surface area (Å²) in [5.74, 6) is 3.05. The molecule has 106 valence electrons. The standard InChI is InChI=1S/C15H19N3O2/c1-3-7-17-8-10-18(11-9-17)15(19)14-12(16)5-4-6-13(14)20-2/h1,4-6H,7-11,16H2,2H3. The van der Waals surface area contributed by atoms with E-state index in [0.717, 1.165) is 13.1 Å². The number of nitrogens with two attached hydrogens (primary N) is 1. The lowest BCUT2D eigenvalue weighted by Gasteiger charge is -2.34. The molecular formula is C15H19N3O2. The van der Waals surface area contributed by atoms with Crippen molar-refractivity contribution >= 4 is 11.6 Å². The lowest BCUT2D eigenvalue weighted by atomic mass is 10.1. The van der Waals surface area contributed by atoms with Gasteiger partial charge in [0.25, 0.3) is 5.91 Å². The fraction of sp³-hybridized carbons (Fsp3) is 0.400. The van der Waals surface area contributed by atoms with Gasteiger partial charge in [0.15, 0.2) is 0 Å². The summed E-state index contributed by atoms with van der Waals surface area (Å²) in [6.45, 7) is 3.49. The molecule has 0 spiro atoms. The fourth-order valence-corrected chi connectivity index (χ4v) is 2.34. The molecule has 0 atom stereocenters. The molecule has 2 rings (SSSR count). The first-order chi connectivity index (χ1) is 9.67. The summed E-state index contributed by atoms with van der Waals surface area (Å²) >= 11 is 0. The molecule has 1 fully saturated rings. The van der Waals surface area contributed by atoms with E-state index in [0.29, 0.717) is 36.6 Å². The third-order valence-corrected chi connectivity index (χ3v) is 3.47. The number of amides is 1. The Labute approximate surface area is 119 Å². The maximum absolute atomic E-state index is 12.6. The van der Waals surface area contributed by atoms with E-state index in [2.05, 4.69) is 10.8 Å². The summed E-state index contributed by atoms with van der Waals surface area (Å²) in [7, 11) is 1.54. The van der Waals surface area contributed by atoms with Gasteiger partial charge >= 0.3 is 0 Å². The number of nitrogen functional groups attached to an aromatic ring is 1. The van der Waals surface area contributed by atoms with Crippen LogP contribution in [0, 0.1) is 12.3 Å². The minimum atomic E-state index is -0.0830. The van der Waals surface area contributed by atoms with Crippen molar-refractivity contribution in [2.75, 3.05) is 45.6 Å². The van der Waals surface area contributed by atoms with Crippen molar-refractivity contribution in [1.82, 2.24) is 9.80 Å². The number of hydrogen-bond donors (Lipinski definition) is 1. The largest absolute Gasteiger partial charge is 0.496 e. The van der Waals surface area contributed by atoms with E-state index in [-0.39, 0.29) is 5.91 Å². The number of ether oxygens (including phenoxy) is 1. The van der Waals surface area contributed by atoms with Gasteiger partial charge in [-0.15, -0.1) is 6.42 Å². The monoisotopic (exact) mass is 273 g/mol. The number of nitrogens with zero attached hydrogens (tertiary/aromatic N) is 2. The van der Waals surface area contributed by atoms with E-state index in [1.807, 2.05) is 0 Å². The lowest BCUT2D eigenvalue weighted by molar-refractivity contribution is 0.0650. The SMILES string of the molecule is C#CCN1CCN(C(=O)c2c(N)cccc2OC)CC1. The van der Waals surface area contributed by atoms with Crippen LogP contribution in [0.2, 0.25) is 0 Å². The van der Waals surface area contributed by atoms with E-state index >= 15 is 0 Å². The highest BCUT2D eigenvalue weighted by atomic mass is 16.5. The molecule has 20 heavy (non-hydrogen) atoms. The summed E-state index contributed by atoms with van der Waals surface area (Å²) in [4.78, 5) is 16.5. The Morgan fingerprint density at radius 3 is 2.70 bits per heavy atom. The molecule has 5 nitrogen and oxygen atoms in total. The molecule has 0 aromatic heterocycles. The zero-order valence-corrected chi connectivity index (χ0v) is 11.6. The van der Waals surface area contributed by atoms with Gasteiger partial charge in [0, 0.05) is 31.9 Å². The van der Waals surface area contributed by atoms with Crippen LogP contribution in [0.5, 0.6) is 5.75 Å². The smallest absolute Gasteiger partial charge is 0.259 e. The summed E-state index contributed by atoms with van der Waals surface area (Å²) in [5, 5.41) is 0. The third kappa shape index (κ3) is 2.86. The van der Waals surface area contributed by atoms with Crippen molar-refractivity contribution in [2.24, 2.45) is 0 Å². The van der Waals surface area contributed by atoms with Gasteiger partial charge in [-0.25, -0.2) is 0 Å². The van der Waals surface area contributed by atoms with Crippen molar-refractivity contribution in [1.29, 1.82) is 0 Å². The normalized spacial score (nSPS) is 15.7. The van der Waals surface area contributed by atoms with Crippen LogP contribution in [0.4, 0.5) is 5.69 Å². The van der Waals surface area contributed by atoms with E-state index < -0.39 is 0 Å². The van der Waals surface area contributed by atoms with Crippen LogP contribution in [0.25, 0.3) is 0 Å². The maximum Gasteiger partial charge on any atom is 0.259 e. The topological polar surface area (TPSA) is 58.8 Å². The molecule has 0 bridgehead atoms. The van der Waals surface area contributed by atoms with Crippen LogP contribution in [0.1, 0.15) is 10.4 Å². The van der Waals surface area contributed by atoms with Crippen molar-refractivity contribution in [3.63, 3.8) is 0 Å². The summed E-state index contributed by atoms with van der Waals surface area (Å²) in [5.41, 5.74) is 6.80. The van der Waals surface area contributed by atoms with Gasteiger partial charge in [-0.1, -0.05) is 12.0 Å². The van der Waals surface area contributed by atoms with Crippen molar-refractivity contribution < 1.29 is 9.53 Å². The number of carbonyl (C=O) groups is 1. The number of rotatable bonds is 3. The fourth-order valence-electron chi connectivity index (χ4n) is 2.34. The molecule has 0 unspecified atom stereocenters. The van der Waals surface area contributed by atoms with Crippen molar-refractivity contribution in [3.8, 4) is 18.1 Å². The number of benzene rings is 1. The molecule has 1 aliphatic rings. The summed E-state index contributed by atoms with van der Waals surface area (Å²) in [6, 6.07) is 5.23. The highest BCUT2D eigenvalue weighted by Gasteiger charge is 2.25. The second kappa shape index (κ2) is 6.31. The van der Waals surface area contributed by atoms with Crippen LogP contribution in [0.3, 0.4) is 0 Å². The lowest BCUT2D eigenvalue weighted by Crippen LogP contribution is -2.48. The van der Waals surface area contributed by atoms with Crippen LogP contribution in [-0.4, -0.2) is 55.5 Å². The summed E-state index contributed by atoms with van der Waals surface area (Å²) in [6.07, 6.45) is 5.30. The Bertz CT molecular complexity index is 528. The van der Waals surface area contributed by atoms with Gasteiger partial charge in [0.2, 0.25) is 0 Å². The molecule has 1 aromatic rings. The average molecular weight is 273 g/mol. The van der Waals surface area contributed by atoms with Crippen LogP contribution in [0.15, 0.2) is 18.2 Å². The van der Waals surface area contributed by atoms with Crippen molar-refractivity contribution in [3.05, 3.63) is 23.8 Å². The maximum atomic E-state index is 12.6. The van der Waals surface area contributed by atoms with Crippen LogP contribution >= 0.6 is 0 Å². The first-order valence-electron chi connectivity index (χ1n) is 6.55. The average Bonchev–Trinajstić information content (AvgIpc) is 2.47. The number of hydrogen-bond acceptors (Lipinski definition) is 4. The predicted octanol–water partition coefficient (Wildman–Crippen LogP) is 0.668. The number of terminal acetylenes is 1. The van der Waals surface area contributed by atoms with Gasteiger partial charge in [-0.05, 0) is 12.1 Å². The molecule has 1 amide bonds. The molecule has 0 radical (unpaired) electrons. The molecule has 5 heteroatoms. The van der Waals surface area contributed by atoms with E-state index in [1.54, 1.807) is 23.1 Å². The molecule has 0 saturated carbocycles. The van der Waals surface area contributed by atoms with E-state index in [1.165, 1.54) is 7.11 Å². The Morgan fingerprint density at radius 2 is 2.10 bits per heavy atom. The van der Waals surface area contributed by atoms with Crippen LogP contribution in [-0.2, 0) is 0 Å². The first kappa shape index (κ1) is 14.2. The third-order valence-electron chi connectivity index (χ3n) is 3.47. The molecule has 1 aliphatic heterocycles. The van der Waals surface area contributed by atoms with Crippen molar-refractivity contribution in [2.45, 2.75) is 0 Å². The van der Waals surface area contributed by atoms with Gasteiger partial charge in [0.05, 0.1) is 13.7 Å². The number of carbonyl (C=O) groups excluding carboxylic acids is 1. The molecule has 2 N–H and O–H groups in total.